The lowest BCUT2D eigenvalue weighted by Gasteiger charge is -2.29. The highest BCUT2D eigenvalue weighted by Crippen LogP contribution is 2.48. The summed E-state index contributed by atoms with van der Waals surface area (Å²) in [6.07, 6.45) is 4.75. The Morgan fingerprint density at radius 2 is 1.26 bits per heavy atom. The summed E-state index contributed by atoms with van der Waals surface area (Å²) in [5.41, 5.74) is 5.96. The Kier molecular flexibility index (Phi) is 15.1. The minimum Gasteiger partial charge on any atom is -0.493 e. The first-order valence-electron chi connectivity index (χ1n) is 23.4. The van der Waals surface area contributed by atoms with Gasteiger partial charge in [-0.3, -0.25) is 28.8 Å². The summed E-state index contributed by atoms with van der Waals surface area (Å²) in [4.78, 5) is 78.4. The number of imide groups is 1. The van der Waals surface area contributed by atoms with E-state index in [9.17, 15) is 29.1 Å². The number of aromatic nitrogens is 1. The van der Waals surface area contributed by atoms with Gasteiger partial charge in [0.05, 0.1) is 37.1 Å². The van der Waals surface area contributed by atoms with Crippen molar-refractivity contribution in [3.05, 3.63) is 161 Å². The summed E-state index contributed by atoms with van der Waals surface area (Å²) in [7, 11) is 0. The first-order chi connectivity index (χ1) is 33.5. The molecule has 0 unspecified atom stereocenters. The monoisotopic (exact) mass is 929 g/mol. The highest BCUT2D eigenvalue weighted by Gasteiger charge is 2.60. The highest BCUT2D eigenvalue weighted by atomic mass is 16.7. The molecule has 3 N–H and O–H groups in total. The second kappa shape index (κ2) is 21.9. The number of carbonyl (C=O) groups is 5. The van der Waals surface area contributed by atoms with Crippen LogP contribution in [-0.4, -0.2) is 59.0 Å². The van der Waals surface area contributed by atoms with Gasteiger partial charge in [-0.25, -0.2) is 14.9 Å². The third-order valence-corrected chi connectivity index (χ3v) is 12.1. The number of nitrogens with one attached hydrogen (secondary N) is 2. The van der Waals surface area contributed by atoms with Gasteiger partial charge in [-0.05, 0) is 115 Å². The minimum absolute atomic E-state index is 0.201. The molecule has 14 heteroatoms. The van der Waals surface area contributed by atoms with Gasteiger partial charge in [0.15, 0.2) is 6.10 Å². The van der Waals surface area contributed by atoms with Gasteiger partial charge in [0, 0.05) is 28.6 Å². The molecule has 354 valence electrons. The number of anilines is 4. The van der Waals surface area contributed by atoms with E-state index in [1.807, 2.05) is 67.6 Å². The van der Waals surface area contributed by atoms with Crippen molar-refractivity contribution in [3.63, 3.8) is 0 Å². The van der Waals surface area contributed by atoms with Crippen LogP contribution in [0.3, 0.4) is 0 Å². The molecule has 5 aromatic carbocycles. The maximum atomic E-state index is 14.4. The number of hydrogen-bond acceptors (Lipinski definition) is 10. The van der Waals surface area contributed by atoms with Gasteiger partial charge in [0.1, 0.15) is 23.2 Å². The van der Waals surface area contributed by atoms with Crippen molar-refractivity contribution in [1.29, 1.82) is 0 Å². The van der Waals surface area contributed by atoms with Crippen molar-refractivity contribution in [1.82, 2.24) is 4.98 Å². The normalized spacial score (nSPS) is 16.3. The van der Waals surface area contributed by atoms with Gasteiger partial charge in [-0.1, -0.05) is 94.1 Å². The summed E-state index contributed by atoms with van der Waals surface area (Å²) in [5.74, 6) is -2.03. The zero-order valence-electron chi connectivity index (χ0n) is 38.9. The molecular formula is C55H55N5O9. The minimum atomic E-state index is -1.16. The Bertz CT molecular complexity index is 2770. The van der Waals surface area contributed by atoms with E-state index in [4.69, 9.17) is 14.3 Å². The van der Waals surface area contributed by atoms with Gasteiger partial charge in [-0.15, -0.1) is 0 Å². The fraction of sp³-hybridized carbons (Fsp3) is 0.273. The second-order valence-electron chi connectivity index (χ2n) is 17.2. The predicted octanol–water partition coefficient (Wildman–Crippen LogP) is 10.4. The number of fused-ring (bicyclic) bond motifs is 1. The molecular weight excluding hydrogens is 875 g/mol. The van der Waals surface area contributed by atoms with E-state index >= 15 is 0 Å². The maximum Gasteiger partial charge on any atom is 0.307 e. The molecule has 2 aliphatic rings. The molecule has 2 saturated heterocycles. The van der Waals surface area contributed by atoms with Crippen molar-refractivity contribution in [2.75, 3.05) is 33.8 Å². The summed E-state index contributed by atoms with van der Waals surface area (Å²) in [6, 6.07) is 38.0. The fourth-order valence-electron chi connectivity index (χ4n) is 8.51. The van der Waals surface area contributed by atoms with Gasteiger partial charge >= 0.3 is 5.97 Å². The molecule has 6 aromatic rings. The van der Waals surface area contributed by atoms with Crippen molar-refractivity contribution in [2.45, 2.75) is 77.9 Å². The Hall–Kier alpha value is -7.84. The molecule has 69 heavy (non-hydrogen) atoms. The zero-order valence-corrected chi connectivity index (χ0v) is 38.9. The van der Waals surface area contributed by atoms with Crippen LogP contribution < -0.4 is 30.1 Å². The number of amides is 4. The number of carboxylic acid groups (broad SMARTS) is 1. The number of ether oxygens (including phenoxy) is 2. The average Bonchev–Trinajstić information content (AvgIpc) is 3.86. The van der Waals surface area contributed by atoms with E-state index in [0.717, 1.165) is 60.2 Å². The van der Waals surface area contributed by atoms with E-state index in [-0.39, 0.29) is 18.2 Å². The third-order valence-electron chi connectivity index (χ3n) is 12.1. The van der Waals surface area contributed by atoms with Crippen molar-refractivity contribution < 1.29 is 43.4 Å². The molecule has 2 aliphatic heterocycles. The van der Waals surface area contributed by atoms with Crippen LogP contribution in [0.15, 0.2) is 133 Å². The van der Waals surface area contributed by atoms with Crippen LogP contribution in [0.2, 0.25) is 0 Å². The summed E-state index contributed by atoms with van der Waals surface area (Å²) < 4.78 is 12.0. The summed E-state index contributed by atoms with van der Waals surface area (Å²) in [6.45, 7) is 7.22. The molecule has 3 atom stereocenters. The van der Waals surface area contributed by atoms with Crippen molar-refractivity contribution >= 4 is 52.5 Å². The lowest BCUT2D eigenvalue weighted by molar-refractivity contribution is -0.136. The van der Waals surface area contributed by atoms with Crippen LogP contribution in [0.4, 0.5) is 22.9 Å². The Balaban J connectivity index is 1.00. The maximum absolute atomic E-state index is 14.4. The van der Waals surface area contributed by atoms with Crippen LogP contribution in [0.1, 0.15) is 96.0 Å². The number of hydroxylamine groups is 1. The summed E-state index contributed by atoms with van der Waals surface area (Å²) in [5, 5.41) is 16.7. The van der Waals surface area contributed by atoms with E-state index in [1.165, 1.54) is 0 Å². The number of rotatable bonds is 20. The largest absolute Gasteiger partial charge is 0.493 e. The van der Waals surface area contributed by atoms with E-state index in [0.29, 0.717) is 69.8 Å². The molecule has 4 amide bonds. The summed E-state index contributed by atoms with van der Waals surface area (Å²) >= 11 is 0. The van der Waals surface area contributed by atoms with Crippen LogP contribution in [0.25, 0.3) is 11.1 Å². The average molecular weight is 930 g/mol. The molecule has 3 heterocycles. The van der Waals surface area contributed by atoms with Crippen LogP contribution in [0.5, 0.6) is 11.5 Å². The van der Waals surface area contributed by atoms with Crippen LogP contribution >= 0.6 is 0 Å². The number of nitrogens with zero attached hydrogens (tertiary/aromatic N) is 3. The molecule has 2 fully saturated rings. The number of pyridine rings is 1. The van der Waals surface area contributed by atoms with E-state index < -0.39 is 35.8 Å². The van der Waals surface area contributed by atoms with Gasteiger partial charge in [-0.2, -0.15) is 0 Å². The third kappa shape index (κ3) is 11.3. The Morgan fingerprint density at radius 1 is 0.667 bits per heavy atom. The van der Waals surface area contributed by atoms with Gasteiger partial charge in [0.2, 0.25) is 5.91 Å². The number of carboxylic acids is 1. The number of unbranched alkanes of at least 4 members (excludes halogenated alkanes) is 4. The zero-order chi connectivity index (χ0) is 48.4. The van der Waals surface area contributed by atoms with Gasteiger partial charge < -0.3 is 25.2 Å². The fourth-order valence-corrected chi connectivity index (χ4v) is 8.51. The molecule has 1 aromatic heterocycles. The standard InChI is InChI=1S/C55H55N5O9/c1-4-6-8-29-67-45-32-41(33-46(34-45)68-30-9-7-5-2)53(64)57-42-23-19-37(20-24-42)38-21-27-44(28-22-38)60-50(39-15-17-40(18-16-39)52(63)58-47-12-10-11-35(3)56-47)49-51(69-60)55(66)59(54(49)65)43-25-13-36(14-26-43)31-48(61)62/h10-28,32-34,49-51H,4-9,29-31H2,1-3H3,(H,57,64)(H,61,62)(H,56,58,63)/t49-,50-,51+/m1/s1. The van der Waals surface area contributed by atoms with Crippen LogP contribution in [-0.2, 0) is 25.6 Å². The SMILES string of the molecule is CCCCCOc1cc(OCCCCC)cc(C(=O)Nc2ccc(-c3ccc(N4O[C@@H]5C(=O)N(c6ccc(CC(=O)O)cc6)C(=O)[C@@H]5[C@H]4c4ccc(C(=O)Nc5cccc(C)n5)cc4)cc3)cc2)c1. The van der Waals surface area contributed by atoms with Gasteiger partial charge in [0.25, 0.3) is 17.7 Å². The predicted molar refractivity (Wildman–Crippen MR) is 264 cm³/mol. The lowest BCUT2D eigenvalue weighted by atomic mass is 9.90. The number of aryl methyl sites for hydroxylation is 1. The van der Waals surface area contributed by atoms with Crippen LogP contribution in [0, 0.1) is 12.8 Å². The number of carbonyl (C=O) groups excluding carboxylic acids is 4. The molecule has 0 saturated carbocycles. The number of aliphatic carboxylic acids is 1. The molecule has 0 radical (unpaired) electrons. The first-order valence-corrected chi connectivity index (χ1v) is 23.4. The number of hydrogen-bond donors (Lipinski definition) is 3. The molecule has 0 bridgehead atoms. The second-order valence-corrected chi connectivity index (χ2v) is 17.2. The Labute approximate surface area is 401 Å². The van der Waals surface area contributed by atoms with E-state index in [2.05, 4.69) is 29.5 Å². The topological polar surface area (TPSA) is 177 Å². The van der Waals surface area contributed by atoms with Crippen molar-refractivity contribution in [3.8, 4) is 22.6 Å². The molecule has 8 rings (SSSR count). The lowest BCUT2D eigenvalue weighted by Crippen LogP contribution is -2.37. The molecule has 14 nitrogen and oxygen atoms in total. The van der Waals surface area contributed by atoms with Crippen molar-refractivity contribution in [2.24, 2.45) is 5.92 Å². The Morgan fingerprint density at radius 3 is 1.86 bits per heavy atom. The smallest absolute Gasteiger partial charge is 0.307 e. The molecule has 0 spiro atoms. The van der Waals surface area contributed by atoms with E-state index in [1.54, 1.807) is 77.9 Å². The number of benzene rings is 5. The quantitative estimate of drug-likeness (QED) is 0.0490. The first kappa shape index (κ1) is 47.6. The molecule has 0 aliphatic carbocycles. The highest BCUT2D eigenvalue weighted by molar-refractivity contribution is 6.24.